The molecule has 0 amide bonds. The van der Waals surface area contributed by atoms with Gasteiger partial charge in [0, 0.05) is 18.4 Å². The Morgan fingerprint density at radius 3 is 2.94 bits per heavy atom. The maximum atomic E-state index is 4.17. The Hall–Kier alpha value is -1.69. The molecule has 1 unspecified atom stereocenters. The van der Waals surface area contributed by atoms with Crippen molar-refractivity contribution >= 4 is 0 Å². The van der Waals surface area contributed by atoms with Crippen LogP contribution in [0.3, 0.4) is 0 Å². The molecule has 2 rings (SSSR count). The topological polar surface area (TPSA) is 60.6 Å². The third kappa shape index (κ3) is 3.16. The molecule has 0 aromatic carbocycles. The van der Waals surface area contributed by atoms with E-state index in [9.17, 15) is 0 Å². The quantitative estimate of drug-likeness (QED) is 0.832. The molecule has 2 aromatic heterocycles. The lowest BCUT2D eigenvalue weighted by molar-refractivity contribution is 0.569. The molecule has 18 heavy (non-hydrogen) atoms. The van der Waals surface area contributed by atoms with Crippen LogP contribution in [0.2, 0.25) is 0 Å². The van der Waals surface area contributed by atoms with Gasteiger partial charge in [0.25, 0.3) is 0 Å². The van der Waals surface area contributed by atoms with Gasteiger partial charge in [-0.05, 0) is 36.7 Å². The first kappa shape index (κ1) is 12.8. The van der Waals surface area contributed by atoms with Gasteiger partial charge in [-0.2, -0.15) is 4.80 Å². The van der Waals surface area contributed by atoms with Gasteiger partial charge in [0.15, 0.2) is 5.82 Å². The predicted octanol–water partition coefficient (Wildman–Crippen LogP) is 1.12. The van der Waals surface area contributed by atoms with Crippen LogP contribution in [0.1, 0.15) is 37.7 Å². The summed E-state index contributed by atoms with van der Waals surface area (Å²) in [5, 5.41) is 15.4. The Labute approximate surface area is 107 Å². The largest absolute Gasteiger partial charge is 0.346 e. The summed E-state index contributed by atoms with van der Waals surface area (Å²) in [7, 11) is 1.77. The number of hydrogen-bond acceptors (Lipinski definition) is 4. The first-order valence-electron chi connectivity index (χ1n) is 6.31. The van der Waals surface area contributed by atoms with Crippen LogP contribution in [0.15, 0.2) is 18.5 Å². The van der Waals surface area contributed by atoms with E-state index in [1.807, 2.05) is 0 Å². The highest BCUT2D eigenvalue weighted by Gasteiger charge is 2.07. The molecule has 0 radical (unpaired) electrons. The smallest absolute Gasteiger partial charge is 0.194 e. The van der Waals surface area contributed by atoms with Gasteiger partial charge in [0.2, 0.25) is 0 Å². The van der Waals surface area contributed by atoms with Crippen molar-refractivity contribution in [3.05, 3.63) is 29.8 Å². The second-order valence-corrected chi connectivity index (χ2v) is 4.49. The second-order valence-electron chi connectivity index (χ2n) is 4.49. The Bertz CT molecular complexity index is 486. The van der Waals surface area contributed by atoms with Crippen molar-refractivity contribution in [3.8, 4) is 0 Å². The van der Waals surface area contributed by atoms with Crippen LogP contribution < -0.4 is 5.32 Å². The third-order valence-electron chi connectivity index (χ3n) is 2.85. The Balaban J connectivity index is 1.97. The highest BCUT2D eigenvalue weighted by Crippen LogP contribution is 2.13. The van der Waals surface area contributed by atoms with Gasteiger partial charge < -0.3 is 9.88 Å². The summed E-state index contributed by atoms with van der Waals surface area (Å²) in [6.45, 7) is 6.05. The minimum atomic E-state index is 0.376. The summed E-state index contributed by atoms with van der Waals surface area (Å²) in [6.07, 6.45) is 5.33. The average molecular weight is 248 g/mol. The van der Waals surface area contributed by atoms with E-state index in [1.54, 1.807) is 7.05 Å². The molecular formula is C12H20N6. The van der Waals surface area contributed by atoms with Gasteiger partial charge in [-0.1, -0.05) is 6.92 Å². The number of rotatable bonds is 6. The highest BCUT2D eigenvalue weighted by molar-refractivity contribution is 5.15. The molecule has 6 heteroatoms. The van der Waals surface area contributed by atoms with Crippen molar-refractivity contribution in [2.24, 2.45) is 7.05 Å². The van der Waals surface area contributed by atoms with Gasteiger partial charge >= 0.3 is 0 Å². The summed E-state index contributed by atoms with van der Waals surface area (Å²) in [6, 6.07) is 2.50. The number of tetrazole rings is 1. The fourth-order valence-electron chi connectivity index (χ4n) is 1.84. The molecule has 6 nitrogen and oxygen atoms in total. The Morgan fingerprint density at radius 2 is 2.28 bits per heavy atom. The van der Waals surface area contributed by atoms with Crippen LogP contribution in [0.4, 0.5) is 0 Å². The van der Waals surface area contributed by atoms with Crippen molar-refractivity contribution in [3.63, 3.8) is 0 Å². The highest BCUT2D eigenvalue weighted by atomic mass is 15.6. The molecule has 0 aliphatic carbocycles. The first-order chi connectivity index (χ1) is 8.69. The molecule has 2 aromatic rings. The zero-order chi connectivity index (χ0) is 13.0. The molecule has 1 atom stereocenters. The second kappa shape index (κ2) is 5.77. The van der Waals surface area contributed by atoms with E-state index in [1.165, 1.54) is 10.4 Å². The van der Waals surface area contributed by atoms with E-state index in [2.05, 4.69) is 57.6 Å². The van der Waals surface area contributed by atoms with E-state index in [-0.39, 0.29) is 0 Å². The van der Waals surface area contributed by atoms with Crippen LogP contribution in [0.25, 0.3) is 0 Å². The van der Waals surface area contributed by atoms with Crippen LogP contribution in [-0.2, 0) is 13.6 Å². The molecule has 0 saturated carbocycles. The molecule has 0 fully saturated rings. The molecule has 98 valence electrons. The lowest BCUT2D eigenvalue weighted by Gasteiger charge is -2.10. The normalized spacial score (nSPS) is 12.8. The van der Waals surface area contributed by atoms with Crippen LogP contribution in [-0.4, -0.2) is 31.3 Å². The van der Waals surface area contributed by atoms with E-state index in [0.29, 0.717) is 12.6 Å². The van der Waals surface area contributed by atoms with Crippen molar-refractivity contribution in [2.75, 3.05) is 6.54 Å². The summed E-state index contributed by atoms with van der Waals surface area (Å²) >= 11 is 0. The number of aryl methyl sites for hydroxylation is 1. The molecular weight excluding hydrogens is 228 g/mol. The maximum Gasteiger partial charge on any atom is 0.194 e. The molecule has 0 spiro atoms. The molecule has 1 N–H and O–H groups in total. The monoisotopic (exact) mass is 248 g/mol. The minimum Gasteiger partial charge on any atom is -0.346 e. The summed E-state index contributed by atoms with van der Waals surface area (Å²) in [5.74, 6) is 0.730. The number of hydrogen-bond donors (Lipinski definition) is 1. The Morgan fingerprint density at radius 1 is 1.44 bits per heavy atom. The average Bonchev–Trinajstić information content (AvgIpc) is 2.96. The van der Waals surface area contributed by atoms with Gasteiger partial charge in [-0.3, -0.25) is 0 Å². The summed E-state index contributed by atoms with van der Waals surface area (Å²) < 4.78 is 2.08. The summed E-state index contributed by atoms with van der Waals surface area (Å²) in [5.41, 5.74) is 1.28. The zero-order valence-corrected chi connectivity index (χ0v) is 11.2. The number of nitrogens with zero attached hydrogens (tertiary/aromatic N) is 5. The molecule has 0 bridgehead atoms. The van der Waals surface area contributed by atoms with Crippen LogP contribution in [0, 0.1) is 0 Å². The SMILES string of the molecule is CCCNC(C)c1ccn(Cc2nnn(C)n2)c1. The van der Waals surface area contributed by atoms with E-state index in [0.717, 1.165) is 18.8 Å². The number of nitrogens with one attached hydrogen (secondary N) is 1. The van der Waals surface area contributed by atoms with Gasteiger partial charge in [0.1, 0.15) is 0 Å². The maximum absolute atomic E-state index is 4.17. The first-order valence-corrected chi connectivity index (χ1v) is 6.31. The fourth-order valence-corrected chi connectivity index (χ4v) is 1.84. The zero-order valence-electron chi connectivity index (χ0n) is 11.2. The third-order valence-corrected chi connectivity index (χ3v) is 2.85. The van der Waals surface area contributed by atoms with E-state index in [4.69, 9.17) is 0 Å². The van der Waals surface area contributed by atoms with Crippen LogP contribution >= 0.6 is 0 Å². The van der Waals surface area contributed by atoms with Gasteiger partial charge in [-0.25, -0.2) is 0 Å². The minimum absolute atomic E-state index is 0.376. The fraction of sp³-hybridized carbons (Fsp3) is 0.583. The van der Waals surface area contributed by atoms with Crippen molar-refractivity contribution in [1.29, 1.82) is 0 Å². The van der Waals surface area contributed by atoms with Crippen LogP contribution in [0.5, 0.6) is 0 Å². The van der Waals surface area contributed by atoms with Gasteiger partial charge in [-0.15, -0.1) is 10.2 Å². The molecule has 0 aliphatic rings. The van der Waals surface area contributed by atoms with Crippen molar-refractivity contribution in [2.45, 2.75) is 32.9 Å². The van der Waals surface area contributed by atoms with Crippen molar-refractivity contribution in [1.82, 2.24) is 30.1 Å². The Kier molecular flexibility index (Phi) is 4.09. The lowest BCUT2D eigenvalue weighted by atomic mass is 10.2. The lowest BCUT2D eigenvalue weighted by Crippen LogP contribution is -2.18. The standard InChI is InChI=1S/C12H20N6/c1-4-6-13-10(2)11-5-7-18(8-11)9-12-14-16-17(3)15-12/h5,7-8,10,13H,4,6,9H2,1-3H3. The molecule has 0 aliphatic heterocycles. The van der Waals surface area contributed by atoms with E-state index >= 15 is 0 Å². The molecule has 0 saturated heterocycles. The van der Waals surface area contributed by atoms with Crippen molar-refractivity contribution < 1.29 is 0 Å². The number of aromatic nitrogens is 5. The van der Waals surface area contributed by atoms with E-state index < -0.39 is 0 Å². The summed E-state index contributed by atoms with van der Waals surface area (Å²) in [4.78, 5) is 1.48. The molecule has 2 heterocycles. The predicted molar refractivity (Wildman–Crippen MR) is 69.0 cm³/mol. The van der Waals surface area contributed by atoms with Gasteiger partial charge in [0.05, 0.1) is 13.6 Å².